The molecule has 0 unspecified atom stereocenters. The second-order valence-electron chi connectivity index (χ2n) is 4.97. The Kier molecular flexibility index (Phi) is 5.54. The molecule has 1 amide bonds. The molecule has 0 saturated carbocycles. The van der Waals surface area contributed by atoms with E-state index in [9.17, 15) is 9.59 Å². The van der Waals surface area contributed by atoms with Crippen LogP contribution in [0.25, 0.3) is 0 Å². The predicted octanol–water partition coefficient (Wildman–Crippen LogP) is 2.48. The summed E-state index contributed by atoms with van der Waals surface area (Å²) < 4.78 is 4.65. The third kappa shape index (κ3) is 4.72. The lowest BCUT2D eigenvalue weighted by atomic mass is 10.1. The van der Waals surface area contributed by atoms with E-state index >= 15 is 0 Å². The van der Waals surface area contributed by atoms with Crippen LogP contribution in [0.2, 0.25) is 0 Å². The first-order valence-electron chi connectivity index (χ1n) is 7.09. The summed E-state index contributed by atoms with van der Waals surface area (Å²) >= 11 is 0. The number of nitrogens with zero attached hydrogens (tertiary/aromatic N) is 1. The smallest absolute Gasteiger partial charge is 0.337 e. The summed E-state index contributed by atoms with van der Waals surface area (Å²) in [5, 5.41) is 0. The van der Waals surface area contributed by atoms with Crippen LogP contribution in [0.4, 0.5) is 0 Å². The highest BCUT2D eigenvalue weighted by molar-refractivity contribution is 5.94. The first-order chi connectivity index (χ1) is 11.1. The Labute approximate surface area is 135 Å². The van der Waals surface area contributed by atoms with Crippen LogP contribution < -0.4 is 0 Å². The lowest BCUT2D eigenvalue weighted by molar-refractivity contribution is -0.124. The van der Waals surface area contributed by atoms with Gasteiger partial charge in [0.2, 0.25) is 0 Å². The molecule has 0 radical (unpaired) electrons. The van der Waals surface area contributed by atoms with Gasteiger partial charge in [-0.2, -0.15) is 0 Å². The molecule has 0 N–H and O–H groups in total. The zero-order valence-corrected chi connectivity index (χ0v) is 13.1. The number of benzene rings is 2. The number of hydrogen-bond acceptors (Lipinski definition) is 3. The van der Waals surface area contributed by atoms with E-state index in [1.54, 1.807) is 31.3 Å². The van der Waals surface area contributed by atoms with Crippen molar-refractivity contribution < 1.29 is 14.3 Å². The minimum atomic E-state index is -0.380. The molecule has 23 heavy (non-hydrogen) atoms. The molecular formula is C19H17NO3. The molecule has 116 valence electrons. The highest BCUT2D eigenvalue weighted by atomic mass is 16.5. The van der Waals surface area contributed by atoms with Crippen molar-refractivity contribution in [1.82, 2.24) is 4.90 Å². The molecule has 2 rings (SSSR count). The second-order valence-corrected chi connectivity index (χ2v) is 4.97. The summed E-state index contributed by atoms with van der Waals surface area (Å²) in [6, 6.07) is 16.3. The average Bonchev–Trinajstić information content (AvgIpc) is 2.60. The summed E-state index contributed by atoms with van der Waals surface area (Å²) in [6.07, 6.45) is 0. The Morgan fingerprint density at radius 3 is 2.30 bits per heavy atom. The first-order valence-corrected chi connectivity index (χ1v) is 7.09. The van der Waals surface area contributed by atoms with Crippen molar-refractivity contribution >= 4 is 11.9 Å². The van der Waals surface area contributed by atoms with Crippen LogP contribution in [-0.2, 0) is 16.1 Å². The van der Waals surface area contributed by atoms with Gasteiger partial charge in [0, 0.05) is 25.1 Å². The van der Waals surface area contributed by atoms with Crippen LogP contribution in [-0.4, -0.2) is 30.9 Å². The van der Waals surface area contributed by atoms with Crippen molar-refractivity contribution in [3.63, 3.8) is 0 Å². The molecule has 0 heterocycles. The lowest BCUT2D eigenvalue weighted by Crippen LogP contribution is -2.24. The van der Waals surface area contributed by atoms with Crippen molar-refractivity contribution in [2.24, 2.45) is 0 Å². The molecule has 2 aromatic rings. The normalized spacial score (nSPS) is 9.48. The number of carbonyl (C=O) groups excluding carboxylic acids is 2. The van der Waals surface area contributed by atoms with Gasteiger partial charge in [0.25, 0.3) is 5.91 Å². The number of carbonyl (C=O) groups is 2. The Morgan fingerprint density at radius 2 is 1.70 bits per heavy atom. The largest absolute Gasteiger partial charge is 0.465 e. The van der Waals surface area contributed by atoms with Gasteiger partial charge in [0.05, 0.1) is 12.7 Å². The molecule has 0 aliphatic rings. The molecule has 0 aliphatic carbocycles. The molecule has 0 bridgehead atoms. The highest BCUT2D eigenvalue weighted by Gasteiger charge is 2.08. The third-order valence-corrected chi connectivity index (χ3v) is 3.23. The van der Waals surface area contributed by atoms with Crippen molar-refractivity contribution in [2.45, 2.75) is 6.54 Å². The predicted molar refractivity (Wildman–Crippen MR) is 87.6 cm³/mol. The van der Waals surface area contributed by atoms with Gasteiger partial charge in [-0.25, -0.2) is 4.79 Å². The van der Waals surface area contributed by atoms with Gasteiger partial charge < -0.3 is 9.64 Å². The molecular weight excluding hydrogens is 290 g/mol. The summed E-state index contributed by atoms with van der Waals surface area (Å²) in [5.74, 6) is 4.82. The minimum absolute atomic E-state index is 0.258. The summed E-state index contributed by atoms with van der Waals surface area (Å²) in [4.78, 5) is 24.9. The van der Waals surface area contributed by atoms with E-state index in [0.29, 0.717) is 12.1 Å². The standard InChI is InChI=1S/C19H17NO3/c1-20(18(21)13-10-15-6-4-3-5-7-15)14-16-8-11-17(12-9-16)19(22)23-2/h3-9,11-12H,14H2,1-2H3. The zero-order valence-electron chi connectivity index (χ0n) is 13.1. The maximum Gasteiger partial charge on any atom is 0.337 e. The Hall–Kier alpha value is -3.06. The van der Waals surface area contributed by atoms with E-state index in [4.69, 9.17) is 0 Å². The van der Waals surface area contributed by atoms with Gasteiger partial charge in [0.15, 0.2) is 0 Å². The fraction of sp³-hybridized carbons (Fsp3) is 0.158. The molecule has 4 heteroatoms. The topological polar surface area (TPSA) is 46.6 Å². The van der Waals surface area contributed by atoms with E-state index in [2.05, 4.69) is 16.6 Å². The van der Waals surface area contributed by atoms with Gasteiger partial charge in [-0.3, -0.25) is 4.79 Å². The first kappa shape index (κ1) is 16.3. The van der Waals surface area contributed by atoms with Crippen LogP contribution in [0.3, 0.4) is 0 Å². The number of hydrogen-bond donors (Lipinski definition) is 0. The Bertz CT molecular complexity index is 740. The number of rotatable bonds is 3. The van der Waals surface area contributed by atoms with Crippen LogP contribution in [0, 0.1) is 11.8 Å². The molecule has 0 fully saturated rings. The SMILES string of the molecule is COC(=O)c1ccc(CN(C)C(=O)C#Cc2ccccc2)cc1. The van der Waals surface area contributed by atoms with Gasteiger partial charge in [-0.05, 0) is 29.8 Å². The average molecular weight is 307 g/mol. The van der Waals surface area contributed by atoms with Crippen molar-refractivity contribution in [3.05, 3.63) is 71.3 Å². The van der Waals surface area contributed by atoms with Gasteiger partial charge in [-0.15, -0.1) is 0 Å². The summed E-state index contributed by atoms with van der Waals surface area (Å²) in [6.45, 7) is 0.420. The van der Waals surface area contributed by atoms with Crippen LogP contribution in [0.5, 0.6) is 0 Å². The number of amides is 1. The number of ether oxygens (including phenoxy) is 1. The monoisotopic (exact) mass is 307 g/mol. The molecule has 0 aliphatic heterocycles. The Balaban J connectivity index is 1.98. The zero-order chi connectivity index (χ0) is 16.7. The van der Waals surface area contributed by atoms with Crippen molar-refractivity contribution in [1.29, 1.82) is 0 Å². The summed E-state index contributed by atoms with van der Waals surface area (Å²) in [7, 11) is 3.03. The van der Waals surface area contributed by atoms with E-state index in [1.807, 2.05) is 30.3 Å². The third-order valence-electron chi connectivity index (χ3n) is 3.23. The highest BCUT2D eigenvalue weighted by Crippen LogP contribution is 2.08. The van der Waals surface area contributed by atoms with E-state index < -0.39 is 0 Å². The maximum atomic E-state index is 12.0. The number of methoxy groups -OCH3 is 1. The van der Waals surface area contributed by atoms with Gasteiger partial charge in [-0.1, -0.05) is 36.3 Å². The Morgan fingerprint density at radius 1 is 1.04 bits per heavy atom. The molecule has 0 saturated heterocycles. The van der Waals surface area contributed by atoms with Gasteiger partial charge >= 0.3 is 5.97 Å². The number of esters is 1. The quantitative estimate of drug-likeness (QED) is 0.646. The minimum Gasteiger partial charge on any atom is -0.465 e. The van der Waals surface area contributed by atoms with E-state index in [1.165, 1.54) is 12.0 Å². The van der Waals surface area contributed by atoms with E-state index in [-0.39, 0.29) is 11.9 Å². The molecule has 2 aromatic carbocycles. The molecule has 0 aromatic heterocycles. The van der Waals surface area contributed by atoms with Crippen LogP contribution in [0.15, 0.2) is 54.6 Å². The molecule has 0 atom stereocenters. The van der Waals surface area contributed by atoms with Crippen LogP contribution in [0.1, 0.15) is 21.5 Å². The van der Waals surface area contributed by atoms with Crippen LogP contribution >= 0.6 is 0 Å². The molecule has 0 spiro atoms. The second kappa shape index (κ2) is 7.81. The van der Waals surface area contributed by atoms with E-state index in [0.717, 1.165) is 11.1 Å². The molecule has 4 nitrogen and oxygen atoms in total. The summed E-state index contributed by atoms with van der Waals surface area (Å²) in [5.41, 5.74) is 2.20. The fourth-order valence-electron chi connectivity index (χ4n) is 1.95. The van der Waals surface area contributed by atoms with Crippen molar-refractivity contribution in [3.8, 4) is 11.8 Å². The maximum absolute atomic E-state index is 12.0. The lowest BCUT2D eigenvalue weighted by Gasteiger charge is -2.14. The van der Waals surface area contributed by atoms with Gasteiger partial charge in [0.1, 0.15) is 0 Å². The van der Waals surface area contributed by atoms with Crippen molar-refractivity contribution in [2.75, 3.05) is 14.2 Å². The fourth-order valence-corrected chi connectivity index (χ4v) is 1.95.